The summed E-state index contributed by atoms with van der Waals surface area (Å²) < 4.78 is 5.53. The number of thioether (sulfide) groups is 1. The normalized spacial score (nSPS) is 14.1. The molecule has 0 amide bonds. The lowest BCUT2D eigenvalue weighted by Crippen LogP contribution is -2.20. The van der Waals surface area contributed by atoms with Crippen LogP contribution in [0, 0.1) is 0 Å². The molecule has 11 heteroatoms. The lowest BCUT2D eigenvalue weighted by atomic mass is 10.1. The van der Waals surface area contributed by atoms with E-state index in [1.807, 2.05) is 40.8 Å². The van der Waals surface area contributed by atoms with Crippen LogP contribution in [0.25, 0.3) is 16.9 Å². The van der Waals surface area contributed by atoms with Gasteiger partial charge in [-0.25, -0.2) is 14.2 Å². The van der Waals surface area contributed by atoms with Gasteiger partial charge in [-0.15, -0.1) is 5.10 Å². The van der Waals surface area contributed by atoms with Crippen molar-refractivity contribution in [3.63, 3.8) is 0 Å². The quantitative estimate of drug-likeness (QED) is 0.240. The third kappa shape index (κ3) is 5.78. The molecular formula is C27H32N10S. The van der Waals surface area contributed by atoms with Gasteiger partial charge in [-0.05, 0) is 79.0 Å². The highest BCUT2D eigenvalue weighted by atomic mass is 32.2. The summed E-state index contributed by atoms with van der Waals surface area (Å²) in [5.41, 5.74) is 5.46. The first-order valence-corrected chi connectivity index (χ1v) is 14.2. The summed E-state index contributed by atoms with van der Waals surface area (Å²) in [5.74, 6) is 1.64. The van der Waals surface area contributed by atoms with E-state index < -0.39 is 0 Å². The fourth-order valence-electron chi connectivity index (χ4n) is 4.95. The topological polar surface area (TPSA) is 94.8 Å². The molecule has 0 atom stereocenters. The maximum atomic E-state index is 4.85. The van der Waals surface area contributed by atoms with Crippen LogP contribution in [0.3, 0.4) is 0 Å². The van der Waals surface area contributed by atoms with Gasteiger partial charge in [-0.2, -0.15) is 10.2 Å². The Labute approximate surface area is 226 Å². The van der Waals surface area contributed by atoms with Crippen molar-refractivity contribution in [2.45, 2.75) is 43.8 Å². The van der Waals surface area contributed by atoms with Gasteiger partial charge in [0, 0.05) is 31.0 Å². The molecule has 1 saturated heterocycles. The van der Waals surface area contributed by atoms with Gasteiger partial charge in [0.25, 0.3) is 0 Å². The molecule has 0 radical (unpaired) electrons. The van der Waals surface area contributed by atoms with Crippen molar-refractivity contribution in [2.75, 3.05) is 25.4 Å². The molecule has 0 aliphatic carbocycles. The predicted octanol–water partition coefficient (Wildman–Crippen LogP) is 3.53. The lowest BCUT2D eigenvalue weighted by Gasteiger charge is -2.13. The Bertz CT molecular complexity index is 1480. The van der Waals surface area contributed by atoms with Crippen LogP contribution < -0.4 is 0 Å². The summed E-state index contributed by atoms with van der Waals surface area (Å²) in [6.45, 7) is 4.52. The van der Waals surface area contributed by atoms with E-state index in [4.69, 9.17) is 10.1 Å². The standard InChI is InChI=1S/C27H32N10S/c1-34-27(30-32-33-34)38-17-16-36-20-23(19-28-36)24-7-4-8-26-29-25(31-37(24)26)18-22-11-9-21(10-12-22)6-5-15-35-13-2-3-14-35/h4,7-12,19-20H,2-3,5-6,13-18H2,1H3. The van der Waals surface area contributed by atoms with Crippen LogP contribution in [0.15, 0.2) is 60.0 Å². The third-order valence-electron chi connectivity index (χ3n) is 6.99. The van der Waals surface area contributed by atoms with E-state index in [9.17, 15) is 0 Å². The molecule has 0 N–H and O–H groups in total. The Hall–Kier alpha value is -3.57. The second kappa shape index (κ2) is 11.4. The van der Waals surface area contributed by atoms with Gasteiger partial charge < -0.3 is 4.90 Å². The van der Waals surface area contributed by atoms with Gasteiger partial charge in [0.15, 0.2) is 11.5 Å². The largest absolute Gasteiger partial charge is 0.303 e. The zero-order valence-corrected chi connectivity index (χ0v) is 22.5. The number of hydrogen-bond acceptors (Lipinski definition) is 8. The van der Waals surface area contributed by atoms with Gasteiger partial charge in [0.1, 0.15) is 0 Å². The molecule has 0 saturated carbocycles. The van der Waals surface area contributed by atoms with Crippen LogP contribution >= 0.6 is 11.8 Å². The number of fused-ring (bicyclic) bond motifs is 1. The molecule has 4 aromatic heterocycles. The van der Waals surface area contributed by atoms with Crippen molar-refractivity contribution in [3.05, 3.63) is 71.8 Å². The molecule has 1 aliphatic heterocycles. The number of nitrogens with zero attached hydrogens (tertiary/aromatic N) is 10. The smallest absolute Gasteiger partial charge is 0.209 e. The summed E-state index contributed by atoms with van der Waals surface area (Å²) in [4.78, 5) is 7.38. The molecule has 5 heterocycles. The number of pyridine rings is 1. The van der Waals surface area contributed by atoms with Gasteiger partial charge in [0.05, 0.1) is 18.4 Å². The van der Waals surface area contributed by atoms with Crippen molar-refractivity contribution in [3.8, 4) is 11.3 Å². The first kappa shape index (κ1) is 24.7. The fraction of sp³-hybridized carbons (Fsp3) is 0.407. The minimum Gasteiger partial charge on any atom is -0.303 e. The molecule has 196 valence electrons. The lowest BCUT2D eigenvalue weighted by molar-refractivity contribution is 0.334. The Morgan fingerprint density at radius 2 is 1.82 bits per heavy atom. The second-order valence-electron chi connectivity index (χ2n) is 9.78. The van der Waals surface area contributed by atoms with Crippen LogP contribution in [0.1, 0.15) is 36.2 Å². The SMILES string of the molecule is Cn1nnnc1SCCn1cc(-c2cccc3nc(Cc4ccc(CCCN5CCCC5)cc4)nn23)cn1. The zero-order valence-electron chi connectivity index (χ0n) is 21.6. The van der Waals surface area contributed by atoms with E-state index in [2.05, 4.69) is 55.9 Å². The minimum atomic E-state index is 0.711. The minimum absolute atomic E-state index is 0.711. The van der Waals surface area contributed by atoms with E-state index in [0.29, 0.717) is 6.42 Å². The Morgan fingerprint density at radius 1 is 0.974 bits per heavy atom. The second-order valence-corrected chi connectivity index (χ2v) is 10.8. The van der Waals surface area contributed by atoms with Crippen LogP contribution in [-0.4, -0.2) is 74.9 Å². The number of aryl methyl sites for hydroxylation is 3. The third-order valence-corrected chi connectivity index (χ3v) is 7.98. The molecule has 0 unspecified atom stereocenters. The maximum Gasteiger partial charge on any atom is 0.209 e. The predicted molar refractivity (Wildman–Crippen MR) is 147 cm³/mol. The van der Waals surface area contributed by atoms with Crippen molar-refractivity contribution in [1.29, 1.82) is 0 Å². The van der Waals surface area contributed by atoms with Gasteiger partial charge in [-0.3, -0.25) is 4.68 Å². The molecule has 10 nitrogen and oxygen atoms in total. The number of rotatable bonds is 11. The van der Waals surface area contributed by atoms with Crippen LogP contribution in [0.5, 0.6) is 0 Å². The molecule has 1 fully saturated rings. The zero-order chi connectivity index (χ0) is 25.7. The highest BCUT2D eigenvalue weighted by molar-refractivity contribution is 7.99. The monoisotopic (exact) mass is 528 g/mol. The molecule has 1 aliphatic rings. The van der Waals surface area contributed by atoms with Crippen LogP contribution in [-0.2, 0) is 26.4 Å². The van der Waals surface area contributed by atoms with Crippen LogP contribution in [0.4, 0.5) is 0 Å². The summed E-state index contributed by atoms with van der Waals surface area (Å²) >= 11 is 1.61. The van der Waals surface area contributed by atoms with Gasteiger partial charge in [-0.1, -0.05) is 42.1 Å². The summed E-state index contributed by atoms with van der Waals surface area (Å²) in [6.07, 6.45) is 9.73. The highest BCUT2D eigenvalue weighted by Crippen LogP contribution is 2.21. The Morgan fingerprint density at radius 3 is 2.63 bits per heavy atom. The van der Waals surface area contributed by atoms with Crippen LogP contribution in [0.2, 0.25) is 0 Å². The Balaban J connectivity index is 1.08. The molecule has 0 spiro atoms. The average molecular weight is 529 g/mol. The summed E-state index contributed by atoms with van der Waals surface area (Å²) in [6, 6.07) is 15.0. The maximum absolute atomic E-state index is 4.85. The first-order chi connectivity index (χ1) is 18.7. The van der Waals surface area contributed by atoms with Gasteiger partial charge in [0.2, 0.25) is 5.16 Å². The van der Waals surface area contributed by atoms with E-state index in [0.717, 1.165) is 46.6 Å². The van der Waals surface area contributed by atoms with Crippen molar-refractivity contribution < 1.29 is 0 Å². The average Bonchev–Trinajstić information content (AvgIpc) is 3.73. The van der Waals surface area contributed by atoms with Gasteiger partial charge >= 0.3 is 0 Å². The summed E-state index contributed by atoms with van der Waals surface area (Å²) in [5, 5.41) is 21.7. The van der Waals surface area contributed by atoms with Crippen molar-refractivity contribution >= 4 is 17.4 Å². The molecule has 5 aromatic rings. The highest BCUT2D eigenvalue weighted by Gasteiger charge is 2.13. The number of tetrazole rings is 1. The van der Waals surface area contributed by atoms with E-state index in [1.54, 1.807) is 16.4 Å². The molecule has 0 bridgehead atoms. The molecular weight excluding hydrogens is 496 g/mol. The Kier molecular flexibility index (Phi) is 7.45. The fourth-order valence-corrected chi connectivity index (χ4v) is 5.73. The molecule has 6 rings (SSSR count). The van der Waals surface area contributed by atoms with E-state index >= 15 is 0 Å². The van der Waals surface area contributed by atoms with Crippen molar-refractivity contribution in [1.82, 2.24) is 49.5 Å². The number of benzene rings is 1. The van der Waals surface area contributed by atoms with Crippen molar-refractivity contribution in [2.24, 2.45) is 7.05 Å². The first-order valence-electron chi connectivity index (χ1n) is 13.2. The molecule has 38 heavy (non-hydrogen) atoms. The molecule has 1 aromatic carbocycles. The number of aromatic nitrogens is 9. The summed E-state index contributed by atoms with van der Waals surface area (Å²) in [7, 11) is 1.84. The number of hydrogen-bond donors (Lipinski definition) is 0. The van der Waals surface area contributed by atoms with E-state index in [1.165, 1.54) is 50.0 Å². The number of likely N-dealkylation sites (tertiary alicyclic amines) is 1. The van der Waals surface area contributed by atoms with E-state index in [-0.39, 0.29) is 0 Å².